The normalized spacial score (nSPS) is 12.0. The molecule has 1 unspecified atom stereocenters. The summed E-state index contributed by atoms with van der Waals surface area (Å²) in [4.78, 5) is 0. The van der Waals surface area contributed by atoms with E-state index < -0.39 is 0 Å². The Hall–Kier alpha value is -1.23. The fourth-order valence-corrected chi connectivity index (χ4v) is 2.51. The zero-order valence-corrected chi connectivity index (χ0v) is 15.0. The van der Waals surface area contributed by atoms with Crippen LogP contribution in [0.3, 0.4) is 0 Å². The van der Waals surface area contributed by atoms with E-state index in [9.17, 15) is 0 Å². The molecule has 2 rings (SSSR count). The van der Waals surface area contributed by atoms with Crippen LogP contribution in [0.25, 0.3) is 0 Å². The molecule has 21 heavy (non-hydrogen) atoms. The summed E-state index contributed by atoms with van der Waals surface area (Å²) in [6.45, 7) is 7.13. The van der Waals surface area contributed by atoms with Gasteiger partial charge in [-0.2, -0.15) is 0 Å². The molecule has 0 amide bonds. The van der Waals surface area contributed by atoms with Gasteiger partial charge in [-0.25, -0.2) is 0 Å². The summed E-state index contributed by atoms with van der Waals surface area (Å²) in [6.07, 6.45) is 1.01. The van der Waals surface area contributed by atoms with Crippen LogP contribution in [0, 0.1) is 10.5 Å². The quantitative estimate of drug-likeness (QED) is 0.647. The van der Waals surface area contributed by atoms with Crippen molar-refractivity contribution >= 4 is 28.3 Å². The van der Waals surface area contributed by atoms with Crippen LogP contribution in [0.5, 0.6) is 5.75 Å². The summed E-state index contributed by atoms with van der Waals surface area (Å²) < 4.78 is 7.11. The number of rotatable bonds is 6. The number of ether oxygens (including phenoxy) is 1. The number of aryl methyl sites for hydroxylation is 1. The third-order valence-electron chi connectivity index (χ3n) is 3.34. The first-order valence-electron chi connectivity index (χ1n) is 7.35. The molecule has 2 aromatic rings. The molecule has 0 aliphatic heterocycles. The summed E-state index contributed by atoms with van der Waals surface area (Å²) in [5.74, 6) is 0.939. The molecule has 2 nitrogen and oxygen atoms in total. The minimum Gasteiger partial charge on any atom is -0.491 e. The number of anilines is 1. The van der Waals surface area contributed by atoms with Gasteiger partial charge in [0.25, 0.3) is 0 Å². The second-order valence-corrected chi connectivity index (χ2v) is 6.51. The molecule has 0 radical (unpaired) electrons. The van der Waals surface area contributed by atoms with Crippen LogP contribution in [0.4, 0.5) is 5.69 Å². The maximum absolute atomic E-state index is 5.86. The fraction of sp³-hybridized carbons (Fsp3) is 0.333. The maximum Gasteiger partial charge on any atom is 0.142 e. The molecule has 3 heteroatoms. The third kappa shape index (κ3) is 4.63. The lowest BCUT2D eigenvalue weighted by Crippen LogP contribution is -2.08. The largest absolute Gasteiger partial charge is 0.491 e. The van der Waals surface area contributed by atoms with Crippen LogP contribution in [0.2, 0.25) is 0 Å². The predicted molar refractivity (Wildman–Crippen MR) is 98.2 cm³/mol. The first-order valence-corrected chi connectivity index (χ1v) is 8.43. The molecule has 0 spiro atoms. The Morgan fingerprint density at radius 3 is 2.52 bits per heavy atom. The van der Waals surface area contributed by atoms with Crippen LogP contribution in [0.1, 0.15) is 37.4 Å². The van der Waals surface area contributed by atoms with E-state index in [1.807, 2.05) is 0 Å². The average molecular weight is 395 g/mol. The summed E-state index contributed by atoms with van der Waals surface area (Å²) in [5, 5.41) is 3.55. The van der Waals surface area contributed by atoms with Gasteiger partial charge in [0.2, 0.25) is 0 Å². The summed E-state index contributed by atoms with van der Waals surface area (Å²) in [5.41, 5.74) is 3.55. The molecule has 0 aliphatic carbocycles. The lowest BCUT2D eigenvalue weighted by molar-refractivity contribution is 0.318. The van der Waals surface area contributed by atoms with Gasteiger partial charge in [-0.15, -0.1) is 0 Å². The van der Waals surface area contributed by atoms with Crippen molar-refractivity contribution in [2.75, 3.05) is 11.9 Å². The Bertz CT molecular complexity index is 580. The molecule has 0 saturated carbocycles. The second kappa shape index (κ2) is 7.69. The van der Waals surface area contributed by atoms with Gasteiger partial charge in [-0.1, -0.05) is 25.1 Å². The Morgan fingerprint density at radius 2 is 1.86 bits per heavy atom. The zero-order chi connectivity index (χ0) is 15.2. The molecule has 0 aliphatic rings. The molecule has 0 heterocycles. The van der Waals surface area contributed by atoms with Crippen LogP contribution in [-0.4, -0.2) is 6.61 Å². The minimum absolute atomic E-state index is 0.244. The van der Waals surface area contributed by atoms with Gasteiger partial charge in [0.05, 0.1) is 12.3 Å². The van der Waals surface area contributed by atoms with Crippen molar-refractivity contribution < 1.29 is 4.74 Å². The standard InChI is InChI=1S/C18H22INO/c1-4-11-21-18-12-13(2)5-10-17(18)20-14(3)15-6-8-16(19)9-7-15/h5-10,12,14,20H,4,11H2,1-3H3. The Kier molecular flexibility index (Phi) is 5.91. The van der Waals surface area contributed by atoms with E-state index in [1.165, 1.54) is 14.7 Å². The molecular formula is C18H22INO. The van der Waals surface area contributed by atoms with E-state index >= 15 is 0 Å². The van der Waals surface area contributed by atoms with E-state index in [0.29, 0.717) is 0 Å². The van der Waals surface area contributed by atoms with E-state index in [0.717, 1.165) is 24.5 Å². The molecule has 1 atom stereocenters. The SMILES string of the molecule is CCCOc1cc(C)ccc1NC(C)c1ccc(I)cc1. The Morgan fingerprint density at radius 1 is 1.14 bits per heavy atom. The van der Waals surface area contributed by atoms with Crippen molar-refractivity contribution in [3.8, 4) is 5.75 Å². The number of nitrogens with one attached hydrogen (secondary N) is 1. The van der Waals surface area contributed by atoms with E-state index in [1.54, 1.807) is 0 Å². The topological polar surface area (TPSA) is 21.3 Å². The van der Waals surface area contributed by atoms with Gasteiger partial charge in [-0.05, 0) is 78.3 Å². The molecule has 0 fully saturated rings. The minimum atomic E-state index is 0.244. The molecule has 2 aromatic carbocycles. The monoisotopic (exact) mass is 395 g/mol. The van der Waals surface area contributed by atoms with Gasteiger partial charge in [0.15, 0.2) is 0 Å². The van der Waals surface area contributed by atoms with Crippen LogP contribution < -0.4 is 10.1 Å². The highest BCUT2D eigenvalue weighted by Gasteiger charge is 2.09. The highest BCUT2D eigenvalue weighted by molar-refractivity contribution is 14.1. The third-order valence-corrected chi connectivity index (χ3v) is 4.06. The number of benzene rings is 2. The van der Waals surface area contributed by atoms with Crippen molar-refractivity contribution in [2.24, 2.45) is 0 Å². The lowest BCUT2D eigenvalue weighted by atomic mass is 10.1. The van der Waals surface area contributed by atoms with Crippen molar-refractivity contribution in [3.05, 3.63) is 57.2 Å². The molecule has 1 N–H and O–H groups in total. The Labute approximate surface area is 141 Å². The van der Waals surface area contributed by atoms with Gasteiger partial charge in [0, 0.05) is 9.61 Å². The van der Waals surface area contributed by atoms with Crippen molar-refractivity contribution in [1.82, 2.24) is 0 Å². The smallest absolute Gasteiger partial charge is 0.142 e. The van der Waals surface area contributed by atoms with E-state index in [-0.39, 0.29) is 6.04 Å². The molecule has 112 valence electrons. The fourth-order valence-electron chi connectivity index (χ4n) is 2.15. The molecular weight excluding hydrogens is 373 g/mol. The first kappa shape index (κ1) is 16.1. The number of hydrogen-bond donors (Lipinski definition) is 1. The zero-order valence-electron chi connectivity index (χ0n) is 12.8. The van der Waals surface area contributed by atoms with E-state index in [4.69, 9.17) is 4.74 Å². The van der Waals surface area contributed by atoms with Crippen molar-refractivity contribution in [1.29, 1.82) is 0 Å². The second-order valence-electron chi connectivity index (χ2n) is 5.27. The van der Waals surface area contributed by atoms with Crippen LogP contribution >= 0.6 is 22.6 Å². The molecule has 0 saturated heterocycles. The average Bonchev–Trinajstić information content (AvgIpc) is 2.48. The first-order chi connectivity index (χ1) is 10.1. The Balaban J connectivity index is 2.16. The van der Waals surface area contributed by atoms with Crippen molar-refractivity contribution in [2.45, 2.75) is 33.2 Å². The van der Waals surface area contributed by atoms with Gasteiger partial charge in [0.1, 0.15) is 5.75 Å². The lowest BCUT2D eigenvalue weighted by Gasteiger charge is -2.19. The summed E-state index contributed by atoms with van der Waals surface area (Å²) >= 11 is 2.33. The number of hydrogen-bond acceptors (Lipinski definition) is 2. The van der Waals surface area contributed by atoms with Crippen LogP contribution in [0.15, 0.2) is 42.5 Å². The molecule has 0 bridgehead atoms. The van der Waals surface area contributed by atoms with Crippen LogP contribution in [-0.2, 0) is 0 Å². The van der Waals surface area contributed by atoms with Crippen molar-refractivity contribution in [3.63, 3.8) is 0 Å². The number of halogens is 1. The van der Waals surface area contributed by atoms with Gasteiger partial charge < -0.3 is 10.1 Å². The van der Waals surface area contributed by atoms with Gasteiger partial charge >= 0.3 is 0 Å². The maximum atomic E-state index is 5.86. The molecule has 0 aromatic heterocycles. The highest BCUT2D eigenvalue weighted by atomic mass is 127. The summed E-state index contributed by atoms with van der Waals surface area (Å²) in [7, 11) is 0. The highest BCUT2D eigenvalue weighted by Crippen LogP contribution is 2.29. The summed E-state index contributed by atoms with van der Waals surface area (Å²) in [6, 6.07) is 15.2. The van der Waals surface area contributed by atoms with E-state index in [2.05, 4.69) is 91.1 Å². The van der Waals surface area contributed by atoms with Gasteiger partial charge in [-0.3, -0.25) is 0 Å². The predicted octanol–water partition coefficient (Wildman–Crippen LogP) is 5.56.